The molecule has 0 saturated heterocycles. The molecule has 1 saturated carbocycles. The van der Waals surface area contributed by atoms with Gasteiger partial charge < -0.3 is 10.4 Å². The number of benzene rings is 1. The first kappa shape index (κ1) is 14.8. The van der Waals surface area contributed by atoms with Gasteiger partial charge in [0.25, 0.3) is 0 Å². The zero-order valence-electron chi connectivity index (χ0n) is 11.6. The Kier molecular flexibility index (Phi) is 5.68. The highest BCUT2D eigenvalue weighted by Gasteiger charge is 2.21. The molecule has 0 spiro atoms. The molecule has 3 unspecified atom stereocenters. The van der Waals surface area contributed by atoms with Gasteiger partial charge in [0.15, 0.2) is 0 Å². The third kappa shape index (κ3) is 4.48. The summed E-state index contributed by atoms with van der Waals surface area (Å²) in [6, 6.07) is 8.01. The summed E-state index contributed by atoms with van der Waals surface area (Å²) >= 11 is 5.85. The minimum absolute atomic E-state index is 0.445. The summed E-state index contributed by atoms with van der Waals surface area (Å²) in [5.74, 6) is 0.860. The zero-order chi connectivity index (χ0) is 13.7. The Morgan fingerprint density at radius 2 is 2.05 bits per heavy atom. The standard InChI is InChI=1S/C16H24ClNO/c1-2-12-4-3-5-15(10-12)18-11-16(19)13-6-8-14(17)9-7-13/h6-9,12,15-16,18-19H,2-5,10-11H2,1H3. The second-order valence-electron chi connectivity index (χ2n) is 5.61. The third-order valence-corrected chi connectivity index (χ3v) is 4.47. The largest absolute Gasteiger partial charge is 0.387 e. The number of hydrogen-bond donors (Lipinski definition) is 2. The molecule has 3 atom stereocenters. The van der Waals surface area contributed by atoms with E-state index in [9.17, 15) is 5.11 Å². The van der Waals surface area contributed by atoms with Gasteiger partial charge in [0.1, 0.15) is 0 Å². The van der Waals surface area contributed by atoms with Crippen molar-refractivity contribution in [1.82, 2.24) is 5.32 Å². The van der Waals surface area contributed by atoms with Gasteiger partial charge in [-0.05, 0) is 36.5 Å². The second kappa shape index (κ2) is 7.28. The molecule has 0 heterocycles. The molecule has 2 nitrogen and oxygen atoms in total. The third-order valence-electron chi connectivity index (χ3n) is 4.21. The molecule has 0 radical (unpaired) electrons. The maximum atomic E-state index is 10.2. The number of hydrogen-bond acceptors (Lipinski definition) is 2. The summed E-state index contributed by atoms with van der Waals surface area (Å²) in [6.45, 7) is 2.90. The highest BCUT2D eigenvalue weighted by atomic mass is 35.5. The van der Waals surface area contributed by atoms with Crippen LogP contribution in [-0.2, 0) is 0 Å². The predicted octanol–water partition coefficient (Wildman–Crippen LogP) is 3.93. The van der Waals surface area contributed by atoms with Gasteiger partial charge >= 0.3 is 0 Å². The van der Waals surface area contributed by atoms with Gasteiger partial charge in [0.2, 0.25) is 0 Å². The molecule has 1 aromatic rings. The molecular weight excluding hydrogens is 258 g/mol. The van der Waals surface area contributed by atoms with Gasteiger partial charge in [-0.3, -0.25) is 0 Å². The smallest absolute Gasteiger partial charge is 0.0914 e. The Labute approximate surface area is 121 Å². The Balaban J connectivity index is 1.79. The molecule has 1 aromatic carbocycles. The maximum absolute atomic E-state index is 10.2. The topological polar surface area (TPSA) is 32.3 Å². The number of aliphatic hydroxyl groups is 1. The monoisotopic (exact) mass is 281 g/mol. The van der Waals surface area contributed by atoms with Gasteiger partial charge in [-0.2, -0.15) is 0 Å². The van der Waals surface area contributed by atoms with Crippen molar-refractivity contribution in [3.8, 4) is 0 Å². The number of halogens is 1. The van der Waals surface area contributed by atoms with E-state index < -0.39 is 6.10 Å². The van der Waals surface area contributed by atoms with E-state index in [4.69, 9.17) is 11.6 Å². The first-order valence-electron chi connectivity index (χ1n) is 7.36. The average molecular weight is 282 g/mol. The Morgan fingerprint density at radius 1 is 1.32 bits per heavy atom. The SMILES string of the molecule is CCC1CCCC(NCC(O)c2ccc(Cl)cc2)C1. The molecule has 1 aliphatic rings. The fourth-order valence-electron chi connectivity index (χ4n) is 2.93. The van der Waals surface area contributed by atoms with Crippen LogP contribution in [0.15, 0.2) is 24.3 Å². The molecule has 1 fully saturated rings. The molecule has 2 N–H and O–H groups in total. The fourth-order valence-corrected chi connectivity index (χ4v) is 3.05. The molecule has 0 aliphatic heterocycles. The number of aliphatic hydroxyl groups excluding tert-OH is 1. The van der Waals surface area contributed by atoms with E-state index in [2.05, 4.69) is 12.2 Å². The Hall–Kier alpha value is -0.570. The predicted molar refractivity (Wildman–Crippen MR) is 80.5 cm³/mol. The van der Waals surface area contributed by atoms with Gasteiger partial charge in [-0.25, -0.2) is 0 Å². The molecule has 19 heavy (non-hydrogen) atoms. The van der Waals surface area contributed by atoms with Crippen LogP contribution in [0.3, 0.4) is 0 Å². The maximum Gasteiger partial charge on any atom is 0.0914 e. The van der Waals surface area contributed by atoms with Crippen LogP contribution in [0.4, 0.5) is 0 Å². The van der Waals surface area contributed by atoms with Gasteiger partial charge in [-0.1, -0.05) is 49.9 Å². The van der Waals surface area contributed by atoms with Crippen molar-refractivity contribution >= 4 is 11.6 Å². The Bertz CT molecular complexity index is 379. The normalized spacial score (nSPS) is 25.2. The summed E-state index contributed by atoms with van der Waals surface area (Å²) in [5, 5.41) is 14.4. The molecular formula is C16H24ClNO. The van der Waals surface area contributed by atoms with Crippen LogP contribution in [0.2, 0.25) is 5.02 Å². The van der Waals surface area contributed by atoms with E-state index in [0.717, 1.165) is 11.5 Å². The minimum Gasteiger partial charge on any atom is -0.387 e. The van der Waals surface area contributed by atoms with Gasteiger partial charge in [0, 0.05) is 17.6 Å². The number of nitrogens with one attached hydrogen (secondary N) is 1. The van der Waals surface area contributed by atoms with Crippen LogP contribution < -0.4 is 5.32 Å². The van der Waals surface area contributed by atoms with Crippen LogP contribution in [0.1, 0.15) is 50.7 Å². The molecule has 3 heteroatoms. The average Bonchev–Trinajstić information content (AvgIpc) is 2.46. The summed E-state index contributed by atoms with van der Waals surface area (Å²) in [7, 11) is 0. The molecule has 106 valence electrons. The minimum atomic E-state index is -0.445. The summed E-state index contributed by atoms with van der Waals surface area (Å²) in [4.78, 5) is 0. The van der Waals surface area contributed by atoms with Gasteiger partial charge in [-0.15, -0.1) is 0 Å². The summed E-state index contributed by atoms with van der Waals surface area (Å²) < 4.78 is 0. The molecule has 2 rings (SSSR count). The lowest BCUT2D eigenvalue weighted by Gasteiger charge is -2.30. The van der Waals surface area contributed by atoms with E-state index in [1.807, 2.05) is 24.3 Å². The van der Waals surface area contributed by atoms with E-state index in [-0.39, 0.29) is 0 Å². The lowest BCUT2D eigenvalue weighted by atomic mass is 9.84. The van der Waals surface area contributed by atoms with E-state index >= 15 is 0 Å². The molecule has 0 amide bonds. The summed E-state index contributed by atoms with van der Waals surface area (Å²) in [5.41, 5.74) is 0.930. The second-order valence-corrected chi connectivity index (χ2v) is 6.05. The number of rotatable bonds is 5. The quantitative estimate of drug-likeness (QED) is 0.857. The van der Waals surface area contributed by atoms with Crippen LogP contribution in [0, 0.1) is 5.92 Å². The first-order chi connectivity index (χ1) is 9.19. The van der Waals surface area contributed by atoms with Crippen LogP contribution >= 0.6 is 11.6 Å². The lowest BCUT2D eigenvalue weighted by Crippen LogP contribution is -2.36. The van der Waals surface area contributed by atoms with E-state index in [1.165, 1.54) is 32.1 Å². The van der Waals surface area contributed by atoms with Crippen molar-refractivity contribution in [2.24, 2.45) is 5.92 Å². The van der Waals surface area contributed by atoms with Crippen LogP contribution in [0.25, 0.3) is 0 Å². The highest BCUT2D eigenvalue weighted by Crippen LogP contribution is 2.26. The molecule has 1 aliphatic carbocycles. The first-order valence-corrected chi connectivity index (χ1v) is 7.73. The van der Waals surface area contributed by atoms with Crippen molar-refractivity contribution in [3.63, 3.8) is 0 Å². The van der Waals surface area contributed by atoms with Crippen molar-refractivity contribution in [1.29, 1.82) is 0 Å². The van der Waals surface area contributed by atoms with Crippen molar-refractivity contribution in [2.45, 2.75) is 51.2 Å². The fraction of sp³-hybridized carbons (Fsp3) is 0.625. The summed E-state index contributed by atoms with van der Waals surface area (Å²) in [6.07, 6.45) is 6.01. The van der Waals surface area contributed by atoms with E-state index in [1.54, 1.807) is 0 Å². The van der Waals surface area contributed by atoms with Crippen LogP contribution in [-0.4, -0.2) is 17.7 Å². The highest BCUT2D eigenvalue weighted by molar-refractivity contribution is 6.30. The van der Waals surface area contributed by atoms with Crippen molar-refractivity contribution in [3.05, 3.63) is 34.9 Å². The van der Waals surface area contributed by atoms with Crippen LogP contribution in [0.5, 0.6) is 0 Å². The lowest BCUT2D eigenvalue weighted by molar-refractivity contribution is 0.160. The zero-order valence-corrected chi connectivity index (χ0v) is 12.4. The Morgan fingerprint density at radius 3 is 2.74 bits per heavy atom. The van der Waals surface area contributed by atoms with Crippen molar-refractivity contribution < 1.29 is 5.11 Å². The van der Waals surface area contributed by atoms with Gasteiger partial charge in [0.05, 0.1) is 6.10 Å². The molecule has 0 aromatic heterocycles. The molecule has 0 bridgehead atoms. The van der Waals surface area contributed by atoms with Crippen molar-refractivity contribution in [2.75, 3.05) is 6.54 Å². The van der Waals surface area contributed by atoms with E-state index in [0.29, 0.717) is 17.6 Å².